The van der Waals surface area contributed by atoms with Crippen molar-refractivity contribution in [2.75, 3.05) is 13.1 Å². The molecule has 0 bridgehead atoms. The standard InChI is InChI=1S/C15H17N3O/c1-10(12-8-16-9-12)17-15(19)14-7-6-11-4-2-3-5-13(11)18-14/h2-7,10,12,16H,8-9H2,1H3,(H,17,19). The maximum atomic E-state index is 12.1. The lowest BCUT2D eigenvalue weighted by atomic mass is 9.95. The van der Waals surface area contributed by atoms with Crippen molar-refractivity contribution in [2.45, 2.75) is 13.0 Å². The van der Waals surface area contributed by atoms with E-state index in [4.69, 9.17) is 0 Å². The third-order valence-corrected chi connectivity index (χ3v) is 3.71. The van der Waals surface area contributed by atoms with Gasteiger partial charge >= 0.3 is 0 Å². The van der Waals surface area contributed by atoms with Crippen molar-refractivity contribution >= 4 is 16.8 Å². The highest BCUT2D eigenvalue weighted by Gasteiger charge is 2.25. The van der Waals surface area contributed by atoms with Crippen molar-refractivity contribution in [1.29, 1.82) is 0 Å². The van der Waals surface area contributed by atoms with Crippen LogP contribution < -0.4 is 10.6 Å². The molecule has 1 fully saturated rings. The largest absolute Gasteiger partial charge is 0.348 e. The van der Waals surface area contributed by atoms with Crippen LogP contribution in [0.15, 0.2) is 36.4 Å². The van der Waals surface area contributed by atoms with Crippen molar-refractivity contribution in [3.8, 4) is 0 Å². The molecule has 1 amide bonds. The second-order valence-corrected chi connectivity index (χ2v) is 5.07. The molecule has 4 heteroatoms. The van der Waals surface area contributed by atoms with E-state index in [9.17, 15) is 4.79 Å². The third kappa shape index (κ3) is 2.44. The van der Waals surface area contributed by atoms with Crippen LogP contribution in [0.2, 0.25) is 0 Å². The molecule has 2 aromatic rings. The minimum absolute atomic E-state index is 0.0925. The first-order valence-electron chi connectivity index (χ1n) is 6.61. The van der Waals surface area contributed by atoms with Gasteiger partial charge in [0.15, 0.2) is 0 Å². The van der Waals surface area contributed by atoms with E-state index < -0.39 is 0 Å². The molecule has 1 aliphatic heterocycles. The lowest BCUT2D eigenvalue weighted by molar-refractivity contribution is 0.0911. The number of rotatable bonds is 3. The lowest BCUT2D eigenvalue weighted by Gasteiger charge is -2.32. The van der Waals surface area contributed by atoms with Gasteiger partial charge in [-0.1, -0.05) is 24.3 Å². The molecule has 2 N–H and O–H groups in total. The normalized spacial score (nSPS) is 16.9. The van der Waals surface area contributed by atoms with E-state index in [1.165, 1.54) is 0 Å². The fraction of sp³-hybridized carbons (Fsp3) is 0.333. The summed E-state index contributed by atoms with van der Waals surface area (Å²) in [4.78, 5) is 16.6. The molecule has 0 saturated carbocycles. The van der Waals surface area contributed by atoms with Crippen molar-refractivity contribution in [3.05, 3.63) is 42.1 Å². The molecule has 19 heavy (non-hydrogen) atoms. The molecular weight excluding hydrogens is 238 g/mol. The van der Waals surface area contributed by atoms with Gasteiger partial charge in [0.2, 0.25) is 0 Å². The maximum absolute atomic E-state index is 12.1. The van der Waals surface area contributed by atoms with Crippen molar-refractivity contribution in [3.63, 3.8) is 0 Å². The van der Waals surface area contributed by atoms with Gasteiger partial charge in [-0.3, -0.25) is 4.79 Å². The summed E-state index contributed by atoms with van der Waals surface area (Å²) >= 11 is 0. The number of hydrogen-bond acceptors (Lipinski definition) is 3. The number of nitrogens with zero attached hydrogens (tertiary/aromatic N) is 1. The van der Waals surface area contributed by atoms with Crippen LogP contribution in [-0.4, -0.2) is 30.0 Å². The number of amides is 1. The number of carbonyl (C=O) groups excluding carboxylic acids is 1. The Balaban J connectivity index is 1.77. The Kier molecular flexibility index (Phi) is 3.17. The number of aromatic nitrogens is 1. The highest BCUT2D eigenvalue weighted by Crippen LogP contribution is 2.13. The zero-order valence-electron chi connectivity index (χ0n) is 10.9. The van der Waals surface area contributed by atoms with Gasteiger partial charge in [-0.05, 0) is 19.1 Å². The van der Waals surface area contributed by atoms with E-state index in [0.717, 1.165) is 24.0 Å². The summed E-state index contributed by atoms with van der Waals surface area (Å²) in [6.45, 7) is 4.00. The minimum Gasteiger partial charge on any atom is -0.348 e. The minimum atomic E-state index is -0.0925. The van der Waals surface area contributed by atoms with E-state index in [1.807, 2.05) is 37.3 Å². The Morgan fingerprint density at radius 2 is 2.11 bits per heavy atom. The van der Waals surface area contributed by atoms with Crippen molar-refractivity contribution < 1.29 is 4.79 Å². The summed E-state index contributed by atoms with van der Waals surface area (Å²) in [7, 11) is 0. The molecule has 1 aromatic carbocycles. The molecule has 4 nitrogen and oxygen atoms in total. The highest BCUT2D eigenvalue weighted by molar-refractivity contribution is 5.95. The van der Waals surface area contributed by atoms with Gasteiger partial charge in [0.1, 0.15) is 5.69 Å². The number of para-hydroxylation sites is 1. The number of pyridine rings is 1. The van der Waals surface area contributed by atoms with E-state index in [1.54, 1.807) is 6.07 Å². The second kappa shape index (κ2) is 4.97. The molecule has 1 aromatic heterocycles. The Bertz CT molecular complexity index is 607. The summed E-state index contributed by atoms with van der Waals surface area (Å²) in [5, 5.41) is 7.28. The van der Waals surface area contributed by atoms with Crippen molar-refractivity contribution in [1.82, 2.24) is 15.6 Å². The molecule has 3 rings (SSSR count). The molecule has 1 unspecified atom stereocenters. The Morgan fingerprint density at radius 3 is 2.84 bits per heavy atom. The topological polar surface area (TPSA) is 54.0 Å². The molecular formula is C15H17N3O. The van der Waals surface area contributed by atoms with Crippen LogP contribution in [0, 0.1) is 5.92 Å². The van der Waals surface area contributed by atoms with Gasteiger partial charge in [-0.25, -0.2) is 4.98 Å². The molecule has 1 saturated heterocycles. The van der Waals surface area contributed by atoms with Crippen LogP contribution in [0.1, 0.15) is 17.4 Å². The van der Waals surface area contributed by atoms with Crippen LogP contribution in [-0.2, 0) is 0 Å². The highest BCUT2D eigenvalue weighted by atomic mass is 16.1. The molecule has 0 radical (unpaired) electrons. The van der Waals surface area contributed by atoms with Crippen LogP contribution in [0.4, 0.5) is 0 Å². The number of nitrogens with one attached hydrogen (secondary N) is 2. The summed E-state index contributed by atoms with van der Waals surface area (Å²) < 4.78 is 0. The fourth-order valence-electron chi connectivity index (χ4n) is 2.26. The Morgan fingerprint density at radius 1 is 1.32 bits per heavy atom. The monoisotopic (exact) mass is 255 g/mol. The van der Waals surface area contributed by atoms with Crippen LogP contribution in [0.25, 0.3) is 10.9 Å². The maximum Gasteiger partial charge on any atom is 0.270 e. The zero-order chi connectivity index (χ0) is 13.2. The van der Waals surface area contributed by atoms with Gasteiger partial charge in [-0.2, -0.15) is 0 Å². The van der Waals surface area contributed by atoms with Gasteiger partial charge in [-0.15, -0.1) is 0 Å². The average Bonchev–Trinajstić information content (AvgIpc) is 2.36. The van der Waals surface area contributed by atoms with Crippen LogP contribution in [0.3, 0.4) is 0 Å². The van der Waals surface area contributed by atoms with Gasteiger partial charge in [0.05, 0.1) is 5.52 Å². The molecule has 98 valence electrons. The third-order valence-electron chi connectivity index (χ3n) is 3.71. The predicted molar refractivity (Wildman–Crippen MR) is 75.0 cm³/mol. The molecule has 2 heterocycles. The first-order chi connectivity index (χ1) is 9.24. The van der Waals surface area contributed by atoms with Gasteiger partial charge in [0, 0.05) is 30.4 Å². The SMILES string of the molecule is CC(NC(=O)c1ccc2ccccc2n1)C1CNC1. The Labute approximate surface area is 112 Å². The summed E-state index contributed by atoms with van der Waals surface area (Å²) in [6.07, 6.45) is 0. The quantitative estimate of drug-likeness (QED) is 0.875. The smallest absolute Gasteiger partial charge is 0.270 e. The van der Waals surface area contributed by atoms with Gasteiger partial charge < -0.3 is 10.6 Å². The van der Waals surface area contributed by atoms with E-state index >= 15 is 0 Å². The van der Waals surface area contributed by atoms with Crippen LogP contribution in [0.5, 0.6) is 0 Å². The van der Waals surface area contributed by atoms with E-state index in [2.05, 4.69) is 15.6 Å². The number of hydrogen-bond donors (Lipinski definition) is 2. The average molecular weight is 255 g/mol. The summed E-state index contributed by atoms with van der Waals surface area (Å²) in [6, 6.07) is 11.7. The number of benzene rings is 1. The van der Waals surface area contributed by atoms with Crippen LogP contribution >= 0.6 is 0 Å². The van der Waals surface area contributed by atoms with E-state index in [-0.39, 0.29) is 11.9 Å². The molecule has 0 aliphatic carbocycles. The predicted octanol–water partition coefficient (Wildman–Crippen LogP) is 1.57. The summed E-state index contributed by atoms with van der Waals surface area (Å²) in [5.41, 5.74) is 1.34. The second-order valence-electron chi connectivity index (χ2n) is 5.07. The van der Waals surface area contributed by atoms with Crippen molar-refractivity contribution in [2.24, 2.45) is 5.92 Å². The molecule has 1 aliphatic rings. The van der Waals surface area contributed by atoms with E-state index in [0.29, 0.717) is 11.6 Å². The number of fused-ring (bicyclic) bond motifs is 1. The number of carbonyl (C=O) groups is 1. The fourth-order valence-corrected chi connectivity index (χ4v) is 2.26. The molecule has 0 spiro atoms. The first-order valence-corrected chi connectivity index (χ1v) is 6.61. The zero-order valence-corrected chi connectivity index (χ0v) is 10.9. The summed E-state index contributed by atoms with van der Waals surface area (Å²) in [5.74, 6) is 0.439. The van der Waals surface area contributed by atoms with Gasteiger partial charge in [0.25, 0.3) is 5.91 Å². The molecule has 1 atom stereocenters. The first kappa shape index (κ1) is 12.1. The Hall–Kier alpha value is -1.94. The lowest BCUT2D eigenvalue weighted by Crippen LogP contribution is -2.53.